The summed E-state index contributed by atoms with van der Waals surface area (Å²) in [5, 5.41) is 9.64. The zero-order chi connectivity index (χ0) is 28.0. The molecule has 0 bridgehead atoms. The van der Waals surface area contributed by atoms with Crippen molar-refractivity contribution in [3.63, 3.8) is 0 Å². The van der Waals surface area contributed by atoms with Gasteiger partial charge in [0.1, 0.15) is 0 Å². The number of nitrogens with zero attached hydrogens (tertiary/aromatic N) is 2. The predicted octanol–water partition coefficient (Wildman–Crippen LogP) is 6.76. The zero-order valence-corrected chi connectivity index (χ0v) is 28.8. The Morgan fingerprint density at radius 1 is 1.03 bits per heavy atom. The molecule has 2 atom stereocenters. The van der Waals surface area contributed by atoms with Crippen LogP contribution in [0.2, 0.25) is 65.0 Å². The summed E-state index contributed by atoms with van der Waals surface area (Å²) < 4.78 is 25.1. The van der Waals surface area contributed by atoms with Gasteiger partial charge in [0.25, 0.3) is 0 Å². The third-order valence-electron chi connectivity index (χ3n) is 5.36. The Labute approximate surface area is 224 Å². The largest absolute Gasteiger partial charge is 0.465 e. The molecule has 0 fully saturated rings. The maximum Gasteiger partial charge on any atom is 0.327 e. The van der Waals surface area contributed by atoms with Crippen molar-refractivity contribution in [1.82, 2.24) is 0 Å². The molecule has 0 aromatic rings. The van der Waals surface area contributed by atoms with Gasteiger partial charge in [-0.1, -0.05) is 13.8 Å². The number of nitriles is 1. The van der Waals surface area contributed by atoms with Gasteiger partial charge in [-0.2, -0.15) is 5.26 Å². The average molecular weight is 571 g/mol. The number of aliphatic imine (C=N–C) groups is 1. The molecule has 0 radical (unpaired) electrons. The maximum absolute atomic E-state index is 12.3. The summed E-state index contributed by atoms with van der Waals surface area (Å²) in [4.78, 5) is 17.2. The molecular formula is C25H50N2O5Si4. The van der Waals surface area contributed by atoms with Gasteiger partial charge >= 0.3 is 23.1 Å². The van der Waals surface area contributed by atoms with Crippen LogP contribution in [0.4, 0.5) is 0 Å². The van der Waals surface area contributed by atoms with E-state index in [1.807, 2.05) is 6.08 Å². The van der Waals surface area contributed by atoms with Crippen LogP contribution in [-0.4, -0.2) is 58.6 Å². The molecule has 0 heterocycles. The number of rotatable bonds is 13. The molecule has 2 unspecified atom stereocenters. The van der Waals surface area contributed by atoms with Crippen molar-refractivity contribution in [2.24, 2.45) is 16.3 Å². The highest BCUT2D eigenvalue weighted by atomic mass is 28.5. The number of ether oxygens (including phenoxy) is 1. The van der Waals surface area contributed by atoms with Crippen LogP contribution in [0.15, 0.2) is 16.6 Å². The van der Waals surface area contributed by atoms with E-state index in [0.717, 1.165) is 30.2 Å². The lowest BCUT2D eigenvalue weighted by Gasteiger charge is -2.41. The minimum atomic E-state index is -2.46. The maximum atomic E-state index is 12.3. The van der Waals surface area contributed by atoms with Crippen LogP contribution in [-0.2, 0) is 21.9 Å². The first-order valence-corrected chi connectivity index (χ1v) is 25.3. The van der Waals surface area contributed by atoms with Gasteiger partial charge in [-0.25, -0.2) is 0 Å². The first kappa shape index (κ1) is 33.1. The van der Waals surface area contributed by atoms with Gasteiger partial charge in [0.2, 0.25) is 0 Å². The Kier molecular flexibility index (Phi) is 11.8. The van der Waals surface area contributed by atoms with E-state index in [1.54, 1.807) is 6.92 Å². The fourth-order valence-corrected chi connectivity index (χ4v) is 22.8. The second-order valence-corrected chi connectivity index (χ2v) is 29.6. The van der Waals surface area contributed by atoms with Gasteiger partial charge in [-0.15, -0.1) is 0 Å². The van der Waals surface area contributed by atoms with Gasteiger partial charge in [-0.3, -0.25) is 9.79 Å². The first-order valence-electron chi connectivity index (χ1n) is 13.1. The molecule has 0 spiro atoms. The van der Waals surface area contributed by atoms with Crippen molar-refractivity contribution in [1.29, 1.82) is 5.26 Å². The van der Waals surface area contributed by atoms with E-state index in [-0.39, 0.29) is 12.0 Å². The Bertz CT molecular complexity index is 869. The number of hydrogen-bond acceptors (Lipinski definition) is 7. The molecule has 0 N–H and O–H groups in total. The summed E-state index contributed by atoms with van der Waals surface area (Å²) in [6.45, 7) is 26.7. The van der Waals surface area contributed by atoms with E-state index >= 15 is 0 Å². The Hall–Kier alpha value is -0.882. The lowest BCUT2D eigenvalue weighted by molar-refractivity contribution is -0.144. The lowest BCUT2D eigenvalue weighted by Crippen LogP contribution is -2.56. The molecule has 0 amide bonds. The number of esters is 1. The molecule has 0 saturated carbocycles. The van der Waals surface area contributed by atoms with Gasteiger partial charge in [0.05, 0.1) is 12.7 Å². The summed E-state index contributed by atoms with van der Waals surface area (Å²) in [5.74, 6) is -1.35. The third-order valence-corrected chi connectivity index (χ3v) is 18.9. The number of carbonyl (C=O) groups excluding carboxylic acids is 1. The molecule has 11 heteroatoms. The summed E-state index contributed by atoms with van der Waals surface area (Å²) >= 11 is 0. The minimum Gasteiger partial charge on any atom is -0.465 e. The molecule has 206 valence electrons. The van der Waals surface area contributed by atoms with Crippen LogP contribution in [0.5, 0.6) is 0 Å². The summed E-state index contributed by atoms with van der Waals surface area (Å²) in [6, 6.07) is 2.98. The molecule has 0 aromatic heterocycles. The van der Waals surface area contributed by atoms with Crippen LogP contribution in [0, 0.1) is 22.7 Å². The molecule has 1 aliphatic rings. The van der Waals surface area contributed by atoms with E-state index in [0.29, 0.717) is 13.0 Å². The van der Waals surface area contributed by atoms with Crippen LogP contribution in [0.1, 0.15) is 40.0 Å². The average Bonchev–Trinajstić information content (AvgIpc) is 2.60. The molecular weight excluding hydrogens is 521 g/mol. The van der Waals surface area contributed by atoms with Gasteiger partial charge in [0.15, 0.2) is 22.6 Å². The topological polar surface area (TPSA) is 90.1 Å². The fraction of sp³-hybridized carbons (Fsp3) is 0.800. The van der Waals surface area contributed by atoms with E-state index in [2.05, 4.69) is 78.8 Å². The van der Waals surface area contributed by atoms with Crippen molar-refractivity contribution < 1.29 is 21.9 Å². The highest BCUT2D eigenvalue weighted by Gasteiger charge is 2.44. The van der Waals surface area contributed by atoms with E-state index < -0.39 is 45.6 Å². The predicted molar refractivity (Wildman–Crippen MR) is 158 cm³/mol. The highest BCUT2D eigenvalue weighted by Crippen LogP contribution is 2.37. The smallest absolute Gasteiger partial charge is 0.327 e. The van der Waals surface area contributed by atoms with Crippen LogP contribution >= 0.6 is 0 Å². The molecule has 7 nitrogen and oxygen atoms in total. The van der Waals surface area contributed by atoms with Crippen LogP contribution < -0.4 is 0 Å². The fourth-order valence-electron chi connectivity index (χ4n) is 4.89. The number of carbonyl (C=O) groups is 1. The van der Waals surface area contributed by atoms with Crippen molar-refractivity contribution in [2.75, 3.05) is 13.2 Å². The van der Waals surface area contributed by atoms with E-state index in [4.69, 9.17) is 22.1 Å². The Morgan fingerprint density at radius 2 is 1.61 bits per heavy atom. The summed E-state index contributed by atoms with van der Waals surface area (Å²) in [5.41, 5.74) is 1.67. The van der Waals surface area contributed by atoms with E-state index in [1.165, 1.54) is 0 Å². The molecule has 1 aliphatic carbocycles. The molecule has 0 aromatic carbocycles. The Balaban J connectivity index is 3.02. The second kappa shape index (κ2) is 12.8. The zero-order valence-electron chi connectivity index (χ0n) is 24.8. The number of allylic oxidation sites excluding steroid dienone is 1. The minimum absolute atomic E-state index is 0.0678. The van der Waals surface area contributed by atoms with Crippen molar-refractivity contribution in [2.45, 2.75) is 105 Å². The van der Waals surface area contributed by atoms with Gasteiger partial charge in [-0.05, 0) is 108 Å². The van der Waals surface area contributed by atoms with Crippen LogP contribution in [0.3, 0.4) is 0 Å². The Morgan fingerprint density at radius 3 is 2.11 bits per heavy atom. The first-order chi connectivity index (χ1) is 16.2. The summed E-state index contributed by atoms with van der Waals surface area (Å²) in [6.07, 6.45) is 4.30. The van der Waals surface area contributed by atoms with Gasteiger partial charge < -0.3 is 17.1 Å². The number of hydrogen-bond donors (Lipinski definition) is 0. The monoisotopic (exact) mass is 570 g/mol. The standard InChI is InChI=1S/C25H50N2O5Si4/c1-13-29-24(28)23(20-26)21-17-22(19-25(2,3)18-21)27-15-14-16-36(12,31-34(7,8)9)32-35(10,11)30-33(4,5)6/h17,23H,13-16,18-19H2,1-12H3. The molecule has 1 rings (SSSR count). The molecule has 0 saturated heterocycles. The lowest BCUT2D eigenvalue weighted by atomic mass is 9.73. The third kappa shape index (κ3) is 12.6. The van der Waals surface area contributed by atoms with Gasteiger partial charge in [0, 0.05) is 12.3 Å². The van der Waals surface area contributed by atoms with Crippen molar-refractivity contribution >= 4 is 45.4 Å². The highest BCUT2D eigenvalue weighted by molar-refractivity contribution is 6.89. The second-order valence-electron chi connectivity index (χ2n) is 13.1. The normalized spacial score (nSPS) is 20.3. The quantitative estimate of drug-likeness (QED) is 0.138. The molecule has 0 aliphatic heterocycles. The van der Waals surface area contributed by atoms with E-state index in [9.17, 15) is 10.1 Å². The summed E-state index contributed by atoms with van der Waals surface area (Å²) in [7, 11) is -8.33. The van der Waals surface area contributed by atoms with Crippen LogP contribution in [0.25, 0.3) is 0 Å². The van der Waals surface area contributed by atoms with Crippen molar-refractivity contribution in [3.05, 3.63) is 11.6 Å². The molecule has 36 heavy (non-hydrogen) atoms. The SMILES string of the molecule is CCOC(=O)C(C#N)C1=CC(=NCCC[Si](C)(O[Si](C)(C)C)O[Si](C)(C)O[Si](C)(C)C)CC(C)(C)C1. The van der Waals surface area contributed by atoms with Crippen molar-refractivity contribution in [3.8, 4) is 6.07 Å².